The minimum Gasteiger partial charge on any atom is -0.489 e. The van der Waals surface area contributed by atoms with Gasteiger partial charge in [0.1, 0.15) is 23.1 Å². The van der Waals surface area contributed by atoms with Crippen LogP contribution in [0, 0.1) is 0 Å². The molecule has 1 aromatic heterocycles. The molecule has 2 N–H and O–H groups in total. The predicted molar refractivity (Wildman–Crippen MR) is 133 cm³/mol. The monoisotopic (exact) mass is 572 g/mol. The maximum Gasteiger partial charge on any atom is 0.416 e. The lowest BCUT2D eigenvalue weighted by Gasteiger charge is -2.43. The highest BCUT2D eigenvalue weighted by Crippen LogP contribution is 2.40. The van der Waals surface area contributed by atoms with E-state index in [4.69, 9.17) is 20.8 Å². The van der Waals surface area contributed by atoms with Crippen LogP contribution < -0.4 is 10.1 Å². The zero-order chi connectivity index (χ0) is 28.2. The van der Waals surface area contributed by atoms with E-state index in [0.29, 0.717) is 37.0 Å². The third-order valence-corrected chi connectivity index (χ3v) is 7.49. The van der Waals surface area contributed by atoms with Gasteiger partial charge in [-0.3, -0.25) is 9.69 Å². The van der Waals surface area contributed by atoms with Gasteiger partial charge < -0.3 is 19.6 Å². The SMILES string of the molecule is C[C@](NC(=O)C(F)(F)c1cc2cc(C(F)(F)F)ccc2o1)([C@@H](O)c1ccc(OC2CC2)c(Cl)c1)N1CCCC1. The normalized spacial score (nSPS) is 19.2. The highest BCUT2D eigenvalue weighted by molar-refractivity contribution is 6.32. The van der Waals surface area contributed by atoms with Gasteiger partial charge in [0, 0.05) is 18.5 Å². The summed E-state index contributed by atoms with van der Waals surface area (Å²) in [6.45, 7) is 2.30. The fourth-order valence-corrected chi connectivity index (χ4v) is 5.00. The second-order valence-electron chi connectivity index (χ2n) is 10.1. The molecule has 0 bridgehead atoms. The Morgan fingerprint density at radius 1 is 1.10 bits per heavy atom. The number of halogens is 6. The van der Waals surface area contributed by atoms with Crippen molar-refractivity contribution in [2.24, 2.45) is 0 Å². The Morgan fingerprint density at radius 3 is 2.41 bits per heavy atom. The standard InChI is InChI=1S/C27H26ClF5N2O4/c1-25(35-10-2-3-11-35,23(36)15-4-8-21(19(28)13-15)38-18-6-7-18)34-24(37)26(29,30)22-14-16-12-17(27(31,32)33)5-9-20(16)39-22/h4-5,8-9,12-14,18,23,36H,2-3,6-7,10-11H2,1H3,(H,34,37)/t23-,25+/m0/s1. The molecule has 12 heteroatoms. The van der Waals surface area contributed by atoms with Gasteiger partial charge in [-0.1, -0.05) is 17.7 Å². The first-order chi connectivity index (χ1) is 18.3. The van der Waals surface area contributed by atoms with Gasteiger partial charge in [0.15, 0.2) is 5.76 Å². The van der Waals surface area contributed by atoms with E-state index in [1.54, 1.807) is 17.0 Å². The molecular weight excluding hydrogens is 547 g/mol. The number of hydrogen-bond acceptors (Lipinski definition) is 5. The lowest BCUT2D eigenvalue weighted by Crippen LogP contribution is -2.63. The quantitative estimate of drug-likeness (QED) is 0.306. The molecule has 2 aliphatic rings. The first-order valence-electron chi connectivity index (χ1n) is 12.5. The smallest absolute Gasteiger partial charge is 0.416 e. The zero-order valence-electron chi connectivity index (χ0n) is 20.8. The number of aliphatic hydroxyl groups excluding tert-OH is 1. The average molecular weight is 573 g/mol. The summed E-state index contributed by atoms with van der Waals surface area (Å²) in [6, 6.07) is 7.64. The molecule has 5 rings (SSSR count). The van der Waals surface area contributed by atoms with E-state index in [2.05, 4.69) is 5.32 Å². The Bertz CT molecular complexity index is 1380. The number of likely N-dealkylation sites (tertiary alicyclic amines) is 1. The highest BCUT2D eigenvalue weighted by Gasteiger charge is 2.51. The molecule has 39 heavy (non-hydrogen) atoms. The van der Waals surface area contributed by atoms with Crippen LogP contribution in [0.5, 0.6) is 5.75 Å². The average Bonchev–Trinajstić information content (AvgIpc) is 3.33. The Labute approximate surface area is 225 Å². The zero-order valence-corrected chi connectivity index (χ0v) is 21.6. The molecule has 1 aliphatic carbocycles. The summed E-state index contributed by atoms with van der Waals surface area (Å²) in [5, 5.41) is 13.7. The molecule has 1 saturated heterocycles. The molecule has 210 valence electrons. The van der Waals surface area contributed by atoms with Crippen molar-refractivity contribution in [3.05, 3.63) is 64.4 Å². The summed E-state index contributed by atoms with van der Waals surface area (Å²) in [6.07, 6.45) is -2.75. The van der Waals surface area contributed by atoms with Gasteiger partial charge in [0.2, 0.25) is 0 Å². The number of nitrogens with one attached hydrogen (secondary N) is 1. The van der Waals surface area contributed by atoms with E-state index in [0.717, 1.165) is 31.7 Å². The Balaban J connectivity index is 1.42. The number of rotatable bonds is 8. The molecule has 2 heterocycles. The first-order valence-corrected chi connectivity index (χ1v) is 12.9. The van der Waals surface area contributed by atoms with E-state index in [-0.39, 0.29) is 27.7 Å². The lowest BCUT2D eigenvalue weighted by molar-refractivity contribution is -0.158. The number of alkyl halides is 5. The molecular formula is C27H26ClF5N2O4. The minimum absolute atomic E-state index is 0.0907. The lowest BCUT2D eigenvalue weighted by atomic mass is 9.95. The van der Waals surface area contributed by atoms with Crippen molar-refractivity contribution in [3.63, 3.8) is 0 Å². The third kappa shape index (κ3) is 5.44. The molecule has 0 radical (unpaired) electrons. The van der Waals surface area contributed by atoms with Gasteiger partial charge in [-0.25, -0.2) is 0 Å². The Hall–Kier alpha value is -2.89. The van der Waals surface area contributed by atoms with Crippen LogP contribution in [0.2, 0.25) is 5.02 Å². The van der Waals surface area contributed by atoms with Crippen LogP contribution in [0.1, 0.15) is 55.6 Å². The predicted octanol–water partition coefficient (Wildman–Crippen LogP) is 6.40. The third-order valence-electron chi connectivity index (χ3n) is 7.19. The van der Waals surface area contributed by atoms with E-state index in [1.165, 1.54) is 13.0 Å². The Kier molecular flexibility index (Phi) is 7.05. The summed E-state index contributed by atoms with van der Waals surface area (Å²) < 4.78 is 80.7. The largest absolute Gasteiger partial charge is 0.489 e. The maximum atomic E-state index is 15.4. The number of nitrogens with zero attached hydrogens (tertiary/aromatic N) is 1. The number of aliphatic hydroxyl groups is 1. The van der Waals surface area contributed by atoms with E-state index in [9.17, 15) is 23.1 Å². The fraction of sp³-hybridized carbons (Fsp3) is 0.444. The molecule has 2 fully saturated rings. The Morgan fingerprint density at radius 2 is 1.79 bits per heavy atom. The summed E-state index contributed by atoms with van der Waals surface area (Å²) in [7, 11) is 0. The number of furan rings is 1. The van der Waals surface area contributed by atoms with Crippen LogP contribution in [-0.4, -0.2) is 40.8 Å². The molecule has 1 aliphatic heterocycles. The summed E-state index contributed by atoms with van der Waals surface area (Å²) in [5.74, 6) is -6.70. The summed E-state index contributed by atoms with van der Waals surface area (Å²) in [5.41, 5.74) is -2.65. The second-order valence-corrected chi connectivity index (χ2v) is 10.5. The van der Waals surface area contributed by atoms with Crippen LogP contribution in [0.3, 0.4) is 0 Å². The van der Waals surface area contributed by atoms with Crippen molar-refractivity contribution in [1.29, 1.82) is 0 Å². The van der Waals surface area contributed by atoms with Crippen LogP contribution in [0.15, 0.2) is 46.9 Å². The van der Waals surface area contributed by atoms with Crippen LogP contribution in [0.4, 0.5) is 22.0 Å². The van der Waals surface area contributed by atoms with Gasteiger partial charge in [-0.2, -0.15) is 22.0 Å². The molecule has 1 amide bonds. The first kappa shape index (κ1) is 27.7. The number of benzene rings is 2. The maximum absolute atomic E-state index is 15.4. The highest BCUT2D eigenvalue weighted by atomic mass is 35.5. The fourth-order valence-electron chi connectivity index (χ4n) is 4.77. The molecule has 0 unspecified atom stereocenters. The molecule has 0 spiro atoms. The van der Waals surface area contributed by atoms with Crippen LogP contribution >= 0.6 is 11.6 Å². The molecule has 3 aromatic rings. The van der Waals surface area contributed by atoms with Crippen molar-refractivity contribution < 1.29 is 41.0 Å². The number of carbonyl (C=O) groups is 1. The van der Waals surface area contributed by atoms with Crippen molar-refractivity contribution in [2.45, 2.75) is 62.6 Å². The summed E-state index contributed by atoms with van der Waals surface area (Å²) >= 11 is 6.35. The van der Waals surface area contributed by atoms with Gasteiger partial charge in [-0.05, 0) is 74.6 Å². The van der Waals surface area contributed by atoms with Gasteiger partial charge in [-0.15, -0.1) is 0 Å². The van der Waals surface area contributed by atoms with E-state index < -0.39 is 41.1 Å². The number of ether oxygens (including phenoxy) is 1. The molecule has 1 saturated carbocycles. The van der Waals surface area contributed by atoms with Crippen LogP contribution in [-0.2, 0) is 16.9 Å². The number of fused-ring (bicyclic) bond motifs is 1. The second kappa shape index (κ2) is 9.94. The van der Waals surface area contributed by atoms with Crippen molar-refractivity contribution in [1.82, 2.24) is 10.2 Å². The van der Waals surface area contributed by atoms with Crippen molar-refractivity contribution in [3.8, 4) is 5.75 Å². The van der Waals surface area contributed by atoms with E-state index in [1.807, 2.05) is 0 Å². The van der Waals surface area contributed by atoms with Gasteiger partial charge in [0.05, 0.1) is 16.7 Å². The summed E-state index contributed by atoms with van der Waals surface area (Å²) in [4.78, 5) is 14.7. The number of amides is 1. The van der Waals surface area contributed by atoms with Gasteiger partial charge >= 0.3 is 12.1 Å². The molecule has 2 atom stereocenters. The molecule has 6 nitrogen and oxygen atoms in total. The number of carbonyl (C=O) groups excluding carboxylic acids is 1. The van der Waals surface area contributed by atoms with Crippen LogP contribution in [0.25, 0.3) is 11.0 Å². The number of hydrogen-bond donors (Lipinski definition) is 2. The van der Waals surface area contributed by atoms with Gasteiger partial charge in [0.25, 0.3) is 5.91 Å². The van der Waals surface area contributed by atoms with E-state index >= 15 is 8.78 Å². The topological polar surface area (TPSA) is 74.9 Å². The van der Waals surface area contributed by atoms with Crippen molar-refractivity contribution >= 4 is 28.5 Å². The minimum atomic E-state index is -4.68. The van der Waals surface area contributed by atoms with Crippen molar-refractivity contribution in [2.75, 3.05) is 13.1 Å². The molecule has 2 aromatic carbocycles.